The Bertz CT molecular complexity index is 517. The first kappa shape index (κ1) is 21.5. The number of hydrogen-bond acceptors (Lipinski definition) is 6. The van der Waals surface area contributed by atoms with Crippen LogP contribution in [0.2, 0.25) is 0 Å². The quantitative estimate of drug-likeness (QED) is 0.542. The number of hydrogen-bond donors (Lipinski definition) is 2. The van der Waals surface area contributed by atoms with E-state index in [4.69, 9.17) is 30.5 Å². The number of methoxy groups -OCH3 is 1. The number of ether oxygens (including phenoxy) is 4. The molecule has 3 aliphatic heterocycles. The van der Waals surface area contributed by atoms with Crippen LogP contribution in [0.1, 0.15) is 52.4 Å². The second kappa shape index (κ2) is 8.27. The number of aliphatic hydroxyl groups is 2. The lowest BCUT2D eigenvalue weighted by Gasteiger charge is -2.54. The molecular weight excluding hydrogens is 372 g/mol. The second-order valence-electron chi connectivity index (χ2n) is 8.22. The SMILES string of the molecule is C=CC(O)C[C@@H]1O[C@]2(C[C@@H]1O)O[C@]1(CC[C@@H]2C)C[C@@H](OC)[C@H](Cl)[C@@H](CC)O1. The van der Waals surface area contributed by atoms with Crippen LogP contribution in [0.3, 0.4) is 0 Å². The van der Waals surface area contributed by atoms with Crippen LogP contribution in [0.5, 0.6) is 0 Å². The monoisotopic (exact) mass is 404 g/mol. The van der Waals surface area contributed by atoms with Gasteiger partial charge in [0.25, 0.3) is 0 Å². The van der Waals surface area contributed by atoms with Gasteiger partial charge in [-0.25, -0.2) is 0 Å². The summed E-state index contributed by atoms with van der Waals surface area (Å²) in [5, 5.41) is 20.2. The van der Waals surface area contributed by atoms with Gasteiger partial charge in [0.05, 0.1) is 35.9 Å². The van der Waals surface area contributed by atoms with Crippen molar-refractivity contribution in [2.75, 3.05) is 7.11 Å². The molecule has 3 fully saturated rings. The Labute approximate surface area is 166 Å². The molecule has 0 saturated carbocycles. The van der Waals surface area contributed by atoms with Crippen molar-refractivity contribution < 1.29 is 29.2 Å². The van der Waals surface area contributed by atoms with Crippen LogP contribution in [0, 0.1) is 5.92 Å². The Hall–Kier alpha value is -0.210. The third kappa shape index (κ3) is 4.08. The van der Waals surface area contributed by atoms with Gasteiger partial charge in [0.1, 0.15) is 0 Å². The molecule has 3 aliphatic rings. The van der Waals surface area contributed by atoms with Gasteiger partial charge in [0, 0.05) is 38.7 Å². The zero-order chi connectivity index (χ0) is 19.8. The molecule has 0 radical (unpaired) electrons. The lowest BCUT2D eigenvalue weighted by atomic mass is 9.83. The van der Waals surface area contributed by atoms with Gasteiger partial charge >= 0.3 is 0 Å². The minimum atomic E-state index is -0.932. The number of rotatable bonds is 5. The molecule has 156 valence electrons. The van der Waals surface area contributed by atoms with E-state index in [0.717, 1.165) is 19.3 Å². The molecule has 0 aromatic carbocycles. The van der Waals surface area contributed by atoms with Gasteiger partial charge in [-0.05, 0) is 12.8 Å². The Kier molecular flexibility index (Phi) is 6.58. The van der Waals surface area contributed by atoms with E-state index in [-0.39, 0.29) is 23.5 Å². The van der Waals surface area contributed by atoms with E-state index in [1.165, 1.54) is 6.08 Å². The van der Waals surface area contributed by atoms with E-state index >= 15 is 0 Å². The highest BCUT2D eigenvalue weighted by Gasteiger charge is 2.60. The first-order chi connectivity index (χ1) is 12.8. The summed E-state index contributed by atoms with van der Waals surface area (Å²) >= 11 is 6.54. The number of halogens is 1. The zero-order valence-corrected chi connectivity index (χ0v) is 17.2. The van der Waals surface area contributed by atoms with Gasteiger partial charge in [-0.1, -0.05) is 19.9 Å². The Balaban J connectivity index is 1.80. The molecule has 9 atom stereocenters. The average Bonchev–Trinajstić information content (AvgIpc) is 2.96. The van der Waals surface area contributed by atoms with Crippen LogP contribution in [-0.4, -0.2) is 64.8 Å². The molecule has 0 aromatic rings. The fourth-order valence-corrected chi connectivity index (χ4v) is 5.07. The molecule has 1 unspecified atom stereocenters. The average molecular weight is 405 g/mol. The first-order valence-corrected chi connectivity index (χ1v) is 10.4. The van der Waals surface area contributed by atoms with Gasteiger partial charge in [0.2, 0.25) is 0 Å². The van der Waals surface area contributed by atoms with Crippen molar-refractivity contribution in [3.05, 3.63) is 12.7 Å². The van der Waals surface area contributed by atoms with E-state index in [0.29, 0.717) is 19.3 Å². The molecule has 2 spiro atoms. The predicted octanol–water partition coefficient (Wildman–Crippen LogP) is 2.73. The molecular formula is C20H33ClO6. The highest BCUT2D eigenvalue weighted by atomic mass is 35.5. The smallest absolute Gasteiger partial charge is 0.177 e. The van der Waals surface area contributed by atoms with Gasteiger partial charge in [-0.2, -0.15) is 0 Å². The summed E-state index contributed by atoms with van der Waals surface area (Å²) in [5.41, 5.74) is 0. The maximum absolute atomic E-state index is 10.6. The summed E-state index contributed by atoms with van der Waals surface area (Å²) in [6.07, 6.45) is 2.71. The molecule has 3 heterocycles. The van der Waals surface area contributed by atoms with Crippen LogP contribution >= 0.6 is 11.6 Å². The molecule has 0 bridgehead atoms. The van der Waals surface area contributed by atoms with Crippen molar-refractivity contribution in [1.82, 2.24) is 0 Å². The van der Waals surface area contributed by atoms with E-state index in [1.807, 2.05) is 6.92 Å². The van der Waals surface area contributed by atoms with Crippen molar-refractivity contribution in [2.45, 2.75) is 99.8 Å². The molecule has 7 heteroatoms. The van der Waals surface area contributed by atoms with Crippen LogP contribution in [0.4, 0.5) is 0 Å². The zero-order valence-electron chi connectivity index (χ0n) is 16.5. The van der Waals surface area contributed by atoms with Crippen LogP contribution in [0.15, 0.2) is 12.7 Å². The summed E-state index contributed by atoms with van der Waals surface area (Å²) in [5.74, 6) is -1.66. The Morgan fingerprint density at radius 2 is 2.07 bits per heavy atom. The third-order valence-electron chi connectivity index (χ3n) is 6.38. The maximum atomic E-state index is 10.6. The van der Waals surface area contributed by atoms with Crippen LogP contribution < -0.4 is 0 Å². The molecule has 6 nitrogen and oxygen atoms in total. The van der Waals surface area contributed by atoms with Gasteiger partial charge in [-0.3, -0.25) is 0 Å². The van der Waals surface area contributed by atoms with Crippen molar-refractivity contribution in [2.24, 2.45) is 5.92 Å². The third-order valence-corrected chi connectivity index (χ3v) is 6.94. The molecule has 3 saturated heterocycles. The van der Waals surface area contributed by atoms with Gasteiger partial charge in [0.15, 0.2) is 11.6 Å². The van der Waals surface area contributed by atoms with Gasteiger partial charge in [-0.15, -0.1) is 18.2 Å². The number of alkyl halides is 1. The summed E-state index contributed by atoms with van der Waals surface area (Å²) in [6, 6.07) is 0. The molecule has 0 aromatic heterocycles. The highest BCUT2D eigenvalue weighted by molar-refractivity contribution is 6.21. The van der Waals surface area contributed by atoms with Gasteiger partial charge < -0.3 is 29.2 Å². The lowest BCUT2D eigenvalue weighted by molar-refractivity contribution is -0.413. The Morgan fingerprint density at radius 3 is 2.70 bits per heavy atom. The molecule has 2 N–H and O–H groups in total. The normalized spacial score (nSPS) is 48.8. The largest absolute Gasteiger partial charge is 0.390 e. The van der Waals surface area contributed by atoms with Crippen molar-refractivity contribution in [3.8, 4) is 0 Å². The molecule has 0 aliphatic carbocycles. The van der Waals surface area contributed by atoms with Crippen molar-refractivity contribution >= 4 is 11.6 Å². The highest BCUT2D eigenvalue weighted by Crippen LogP contribution is 2.52. The maximum Gasteiger partial charge on any atom is 0.177 e. The van der Waals surface area contributed by atoms with E-state index in [9.17, 15) is 10.2 Å². The van der Waals surface area contributed by atoms with Crippen LogP contribution in [0.25, 0.3) is 0 Å². The Morgan fingerprint density at radius 1 is 1.33 bits per heavy atom. The van der Waals surface area contributed by atoms with E-state index < -0.39 is 29.9 Å². The second-order valence-corrected chi connectivity index (χ2v) is 8.72. The van der Waals surface area contributed by atoms with Crippen molar-refractivity contribution in [1.29, 1.82) is 0 Å². The topological polar surface area (TPSA) is 77.4 Å². The first-order valence-electron chi connectivity index (χ1n) is 9.99. The van der Waals surface area contributed by atoms with E-state index in [1.54, 1.807) is 7.11 Å². The standard InChI is InChI=1S/C20H33ClO6/c1-5-13(22)9-16-14(23)10-20(26-16)12(3)7-8-19(27-20)11-17(24-4)18(21)15(6-2)25-19/h5,12-18,22-23H,1,6-11H2,2-4H3/t12-,13?,14-,15+,16-,17+,18+,19+,20+/m0/s1. The van der Waals surface area contributed by atoms with Crippen LogP contribution in [-0.2, 0) is 18.9 Å². The summed E-state index contributed by atoms with van der Waals surface area (Å²) in [6.45, 7) is 7.70. The molecule has 0 amide bonds. The fraction of sp³-hybridized carbons (Fsp3) is 0.900. The predicted molar refractivity (Wildman–Crippen MR) is 101 cm³/mol. The molecule has 27 heavy (non-hydrogen) atoms. The van der Waals surface area contributed by atoms with Crippen molar-refractivity contribution in [3.63, 3.8) is 0 Å². The summed E-state index contributed by atoms with van der Waals surface area (Å²) in [4.78, 5) is 0. The number of aliphatic hydroxyl groups excluding tert-OH is 2. The summed E-state index contributed by atoms with van der Waals surface area (Å²) < 4.78 is 24.8. The fourth-order valence-electron chi connectivity index (χ4n) is 4.65. The molecule has 3 rings (SSSR count). The lowest BCUT2D eigenvalue weighted by Crippen LogP contribution is -2.61. The minimum Gasteiger partial charge on any atom is -0.390 e. The summed E-state index contributed by atoms with van der Waals surface area (Å²) in [7, 11) is 1.66. The van der Waals surface area contributed by atoms with E-state index in [2.05, 4.69) is 13.5 Å². The minimum absolute atomic E-state index is 0.0991.